The van der Waals surface area contributed by atoms with Crippen LogP contribution < -0.4 is 10.2 Å². The summed E-state index contributed by atoms with van der Waals surface area (Å²) in [6.45, 7) is 3.30. The van der Waals surface area contributed by atoms with Crippen LogP contribution in [-0.2, 0) is 6.42 Å². The Labute approximate surface area is 171 Å². The van der Waals surface area contributed by atoms with E-state index >= 15 is 0 Å². The molecule has 3 aromatic rings. The summed E-state index contributed by atoms with van der Waals surface area (Å²) in [5.41, 5.74) is 1.52. The molecule has 1 aliphatic heterocycles. The second-order valence-corrected chi connectivity index (χ2v) is 8.06. The van der Waals surface area contributed by atoms with Gasteiger partial charge in [-0.2, -0.15) is 0 Å². The average Bonchev–Trinajstić information content (AvgIpc) is 3.11. The highest BCUT2D eigenvalue weighted by atomic mass is 32.1. The van der Waals surface area contributed by atoms with Crippen molar-refractivity contribution in [2.75, 3.05) is 36.5 Å². The molecule has 0 saturated carbocycles. The highest BCUT2D eigenvalue weighted by Gasteiger charge is 2.29. The van der Waals surface area contributed by atoms with Crippen LogP contribution in [0.2, 0.25) is 0 Å². The summed E-state index contributed by atoms with van der Waals surface area (Å²) in [6, 6.07) is 8.86. The number of thiazole rings is 1. The number of hydrogen-bond donors (Lipinski definition) is 2. The van der Waals surface area contributed by atoms with Gasteiger partial charge in [-0.05, 0) is 37.1 Å². The molecule has 0 spiro atoms. The monoisotopic (exact) mass is 415 g/mol. The van der Waals surface area contributed by atoms with Gasteiger partial charge in [0, 0.05) is 38.5 Å². The fourth-order valence-electron chi connectivity index (χ4n) is 3.50. The molecule has 1 fully saturated rings. The zero-order valence-corrected chi connectivity index (χ0v) is 16.8. The lowest BCUT2D eigenvalue weighted by Crippen LogP contribution is -2.55. The van der Waals surface area contributed by atoms with Gasteiger partial charge in [-0.1, -0.05) is 23.5 Å². The lowest BCUT2D eigenvalue weighted by molar-refractivity contribution is 0.199. The number of piperazine rings is 1. The fourth-order valence-corrected chi connectivity index (χ4v) is 4.36. The van der Waals surface area contributed by atoms with E-state index in [-0.39, 0.29) is 24.5 Å². The summed E-state index contributed by atoms with van der Waals surface area (Å²) in [4.78, 5) is 24.9. The topological polar surface area (TPSA) is 81.6 Å². The summed E-state index contributed by atoms with van der Waals surface area (Å²) in [5.74, 6) is -0.124. The number of benzene rings is 1. The molecular formula is C20H22FN5O2S. The van der Waals surface area contributed by atoms with Gasteiger partial charge in [-0.3, -0.25) is 5.32 Å². The lowest BCUT2D eigenvalue weighted by atomic mass is 10.1. The van der Waals surface area contributed by atoms with E-state index < -0.39 is 5.82 Å². The molecule has 152 valence electrons. The number of urea groups is 1. The van der Waals surface area contributed by atoms with Crippen molar-refractivity contribution in [2.24, 2.45) is 0 Å². The number of nitrogens with one attached hydrogen (secondary N) is 1. The maximum Gasteiger partial charge on any atom is 0.323 e. The van der Waals surface area contributed by atoms with E-state index in [0.29, 0.717) is 36.8 Å². The smallest absolute Gasteiger partial charge is 0.323 e. The molecule has 4 rings (SSSR count). The lowest BCUT2D eigenvalue weighted by Gasteiger charge is -2.40. The summed E-state index contributed by atoms with van der Waals surface area (Å²) < 4.78 is 15.5. The third-order valence-electron chi connectivity index (χ3n) is 4.97. The molecule has 2 aromatic heterocycles. The molecule has 1 atom stereocenters. The summed E-state index contributed by atoms with van der Waals surface area (Å²) in [7, 11) is 0. The van der Waals surface area contributed by atoms with Crippen LogP contribution in [0.1, 0.15) is 12.5 Å². The van der Waals surface area contributed by atoms with Crippen LogP contribution in [0.3, 0.4) is 0 Å². The van der Waals surface area contributed by atoms with Crippen LogP contribution in [0.15, 0.2) is 36.5 Å². The Kier molecular flexibility index (Phi) is 5.59. The Morgan fingerprint density at radius 1 is 1.38 bits per heavy atom. The summed E-state index contributed by atoms with van der Waals surface area (Å²) >= 11 is 1.44. The minimum Gasteiger partial charge on any atom is -0.396 e. The van der Waals surface area contributed by atoms with Gasteiger partial charge in [0.1, 0.15) is 0 Å². The minimum absolute atomic E-state index is 0.0423. The molecule has 0 unspecified atom stereocenters. The molecule has 0 bridgehead atoms. The fraction of sp³-hybridized carbons (Fsp3) is 0.350. The minimum atomic E-state index is -0.407. The van der Waals surface area contributed by atoms with Gasteiger partial charge in [0.15, 0.2) is 16.8 Å². The number of anilines is 2. The highest BCUT2D eigenvalue weighted by Crippen LogP contribution is 2.26. The molecule has 3 heterocycles. The average molecular weight is 415 g/mol. The van der Waals surface area contributed by atoms with E-state index in [4.69, 9.17) is 5.11 Å². The molecule has 0 aliphatic carbocycles. The van der Waals surface area contributed by atoms with Crippen molar-refractivity contribution in [1.82, 2.24) is 14.9 Å². The summed E-state index contributed by atoms with van der Waals surface area (Å²) in [5, 5.41) is 12.4. The predicted molar refractivity (Wildman–Crippen MR) is 112 cm³/mol. The predicted octanol–water partition coefficient (Wildman–Crippen LogP) is 3.11. The maximum atomic E-state index is 14.5. The second kappa shape index (κ2) is 8.30. The van der Waals surface area contributed by atoms with Gasteiger partial charge in [0.05, 0.1) is 10.2 Å². The van der Waals surface area contributed by atoms with Gasteiger partial charge < -0.3 is 14.9 Å². The summed E-state index contributed by atoms with van der Waals surface area (Å²) in [6.07, 6.45) is 1.97. The number of para-hydroxylation sites is 1. The van der Waals surface area contributed by atoms with Crippen molar-refractivity contribution < 1.29 is 14.3 Å². The Morgan fingerprint density at radius 3 is 2.93 bits per heavy atom. The molecular weight excluding hydrogens is 393 g/mol. The number of rotatable bonds is 4. The van der Waals surface area contributed by atoms with Crippen molar-refractivity contribution in [3.05, 3.63) is 47.9 Å². The number of nitrogens with zero attached hydrogens (tertiary/aromatic N) is 4. The van der Waals surface area contributed by atoms with Crippen LogP contribution in [0, 0.1) is 5.82 Å². The normalized spacial score (nSPS) is 17.0. The Hall–Kier alpha value is -2.78. The number of aliphatic hydroxyl groups excluding tert-OH is 1. The molecule has 29 heavy (non-hydrogen) atoms. The third kappa shape index (κ3) is 4.15. The maximum absolute atomic E-state index is 14.5. The van der Waals surface area contributed by atoms with Gasteiger partial charge in [0.2, 0.25) is 0 Å². The van der Waals surface area contributed by atoms with Crippen molar-refractivity contribution >= 4 is 38.5 Å². The van der Waals surface area contributed by atoms with E-state index in [1.54, 1.807) is 11.1 Å². The highest BCUT2D eigenvalue weighted by molar-refractivity contribution is 7.22. The number of hydrogen-bond acceptors (Lipinski definition) is 6. The van der Waals surface area contributed by atoms with E-state index in [1.165, 1.54) is 17.4 Å². The van der Waals surface area contributed by atoms with E-state index in [9.17, 15) is 9.18 Å². The molecule has 1 aliphatic rings. The quantitative estimate of drug-likeness (QED) is 0.684. The van der Waals surface area contributed by atoms with Gasteiger partial charge in [0.25, 0.3) is 0 Å². The van der Waals surface area contributed by atoms with Crippen LogP contribution >= 0.6 is 11.3 Å². The third-order valence-corrected chi connectivity index (χ3v) is 5.93. The Bertz CT molecular complexity index is 994. The van der Waals surface area contributed by atoms with Gasteiger partial charge in [-0.25, -0.2) is 19.2 Å². The molecule has 2 amide bonds. The van der Waals surface area contributed by atoms with Crippen molar-refractivity contribution in [2.45, 2.75) is 19.4 Å². The standard InChI is InChI=1S/C20H22FN5O2S/c1-13-12-25(20(28)24-19-23-16-4-2-3-5-17(16)29-19)7-8-26(13)18-15(21)10-14(6-9-27)11-22-18/h2-5,10-11,13,27H,6-9,12H2,1H3,(H,23,24,28)/t13-/m0/s1. The number of carbonyl (C=O) groups is 1. The van der Waals surface area contributed by atoms with E-state index in [0.717, 1.165) is 10.2 Å². The SMILES string of the molecule is C[C@H]1CN(C(=O)Nc2nc3ccccc3s2)CCN1c1ncc(CCO)cc1F. The Balaban J connectivity index is 1.41. The molecule has 1 aromatic carbocycles. The first-order valence-electron chi connectivity index (χ1n) is 9.48. The van der Waals surface area contributed by atoms with Gasteiger partial charge in [-0.15, -0.1) is 0 Å². The number of aromatic nitrogens is 2. The van der Waals surface area contributed by atoms with Crippen LogP contribution in [0.4, 0.5) is 20.1 Å². The van der Waals surface area contributed by atoms with Crippen molar-refractivity contribution in [1.29, 1.82) is 0 Å². The molecule has 0 radical (unpaired) electrons. The number of fused-ring (bicyclic) bond motifs is 1. The first kappa shape index (κ1) is 19.5. The Morgan fingerprint density at radius 2 is 2.21 bits per heavy atom. The number of aliphatic hydroxyl groups is 1. The van der Waals surface area contributed by atoms with Crippen molar-refractivity contribution in [3.63, 3.8) is 0 Å². The second-order valence-electron chi connectivity index (χ2n) is 7.03. The number of carbonyl (C=O) groups excluding carboxylic acids is 1. The number of pyridine rings is 1. The van der Waals surface area contributed by atoms with E-state index in [2.05, 4.69) is 15.3 Å². The molecule has 2 N–H and O–H groups in total. The molecule has 1 saturated heterocycles. The van der Waals surface area contributed by atoms with Gasteiger partial charge >= 0.3 is 6.03 Å². The molecule has 7 nitrogen and oxygen atoms in total. The zero-order chi connectivity index (χ0) is 20.4. The zero-order valence-electron chi connectivity index (χ0n) is 16.0. The van der Waals surface area contributed by atoms with Crippen molar-refractivity contribution in [3.8, 4) is 0 Å². The number of halogens is 1. The van der Waals surface area contributed by atoms with Crippen LogP contribution in [-0.4, -0.2) is 58.3 Å². The van der Waals surface area contributed by atoms with Crippen LogP contribution in [0.5, 0.6) is 0 Å². The largest absolute Gasteiger partial charge is 0.396 e. The number of amides is 2. The van der Waals surface area contributed by atoms with Crippen LogP contribution in [0.25, 0.3) is 10.2 Å². The van der Waals surface area contributed by atoms with E-state index in [1.807, 2.05) is 36.1 Å². The molecule has 9 heteroatoms. The first-order valence-corrected chi connectivity index (χ1v) is 10.3. The first-order chi connectivity index (χ1) is 14.0.